The Balaban J connectivity index is 1.85. The zero-order valence-corrected chi connectivity index (χ0v) is 12.4. The van der Waals surface area contributed by atoms with Gasteiger partial charge in [-0.05, 0) is 49.9 Å². The van der Waals surface area contributed by atoms with E-state index in [-0.39, 0.29) is 0 Å². The van der Waals surface area contributed by atoms with Crippen molar-refractivity contribution in [2.75, 3.05) is 5.32 Å². The molecule has 1 aliphatic carbocycles. The Hall–Kier alpha value is -1.77. The van der Waals surface area contributed by atoms with E-state index >= 15 is 0 Å². The van der Waals surface area contributed by atoms with Crippen LogP contribution in [-0.2, 0) is 0 Å². The summed E-state index contributed by atoms with van der Waals surface area (Å²) in [6.07, 6.45) is 10.5. The molecule has 1 fully saturated rings. The summed E-state index contributed by atoms with van der Waals surface area (Å²) < 4.78 is 2.16. The van der Waals surface area contributed by atoms with Gasteiger partial charge in [-0.15, -0.1) is 0 Å². The van der Waals surface area contributed by atoms with Gasteiger partial charge in [-0.1, -0.05) is 25.3 Å². The third kappa shape index (κ3) is 2.87. The van der Waals surface area contributed by atoms with Crippen LogP contribution in [0.15, 0.2) is 30.6 Å². The molecule has 106 valence electrons. The molecule has 3 heteroatoms. The van der Waals surface area contributed by atoms with Crippen molar-refractivity contribution in [2.24, 2.45) is 0 Å². The molecule has 1 aliphatic rings. The van der Waals surface area contributed by atoms with Gasteiger partial charge < -0.3 is 5.32 Å². The van der Waals surface area contributed by atoms with E-state index in [4.69, 9.17) is 0 Å². The first kappa shape index (κ1) is 13.2. The van der Waals surface area contributed by atoms with Crippen LogP contribution in [0.3, 0.4) is 0 Å². The molecule has 0 saturated heterocycles. The number of benzene rings is 1. The second-order valence-corrected chi connectivity index (χ2v) is 5.95. The van der Waals surface area contributed by atoms with Crippen LogP contribution in [0.2, 0.25) is 0 Å². The summed E-state index contributed by atoms with van der Waals surface area (Å²) in [6.45, 7) is 4.28. The maximum atomic E-state index is 4.50. The van der Waals surface area contributed by atoms with Crippen molar-refractivity contribution in [1.29, 1.82) is 0 Å². The quantitative estimate of drug-likeness (QED) is 0.903. The average molecular weight is 269 g/mol. The van der Waals surface area contributed by atoms with Gasteiger partial charge in [0.1, 0.15) is 0 Å². The molecule has 3 rings (SSSR count). The molecular formula is C17H23N3. The molecule has 1 aromatic carbocycles. The molecule has 1 saturated carbocycles. The first-order valence-electron chi connectivity index (χ1n) is 7.61. The van der Waals surface area contributed by atoms with E-state index in [1.54, 1.807) is 0 Å². The van der Waals surface area contributed by atoms with Crippen LogP contribution in [0.4, 0.5) is 5.95 Å². The molecule has 0 aliphatic heterocycles. The maximum absolute atomic E-state index is 4.50. The Morgan fingerprint density at radius 1 is 1.05 bits per heavy atom. The summed E-state index contributed by atoms with van der Waals surface area (Å²) in [4.78, 5) is 4.50. The summed E-state index contributed by atoms with van der Waals surface area (Å²) in [5.74, 6) is 0.974. The third-order valence-electron chi connectivity index (χ3n) is 4.06. The highest BCUT2D eigenvalue weighted by atomic mass is 15.2. The Bertz CT molecular complexity index is 559. The largest absolute Gasteiger partial charge is 0.353 e. The number of nitrogens with one attached hydrogen (secondary N) is 1. The predicted molar refractivity (Wildman–Crippen MR) is 83.5 cm³/mol. The van der Waals surface area contributed by atoms with Crippen molar-refractivity contribution in [3.63, 3.8) is 0 Å². The predicted octanol–water partition coefficient (Wildman–Crippen LogP) is 4.23. The minimum Gasteiger partial charge on any atom is -0.353 e. The Morgan fingerprint density at radius 3 is 2.45 bits per heavy atom. The molecule has 0 atom stereocenters. The van der Waals surface area contributed by atoms with Crippen molar-refractivity contribution in [1.82, 2.24) is 9.55 Å². The van der Waals surface area contributed by atoms with Gasteiger partial charge in [0.05, 0.1) is 0 Å². The number of aromatic nitrogens is 2. The monoisotopic (exact) mass is 269 g/mol. The van der Waals surface area contributed by atoms with E-state index in [0.29, 0.717) is 6.04 Å². The SMILES string of the molecule is Cc1cc(C)cc(-n2ccnc2NC2CCCCC2)c1. The van der Waals surface area contributed by atoms with Crippen molar-refractivity contribution < 1.29 is 0 Å². The maximum Gasteiger partial charge on any atom is 0.207 e. The lowest BCUT2D eigenvalue weighted by atomic mass is 9.96. The van der Waals surface area contributed by atoms with Crippen molar-refractivity contribution >= 4 is 5.95 Å². The minimum absolute atomic E-state index is 0.579. The zero-order valence-electron chi connectivity index (χ0n) is 12.4. The third-order valence-corrected chi connectivity index (χ3v) is 4.06. The van der Waals surface area contributed by atoms with Gasteiger partial charge in [-0.25, -0.2) is 4.98 Å². The summed E-state index contributed by atoms with van der Waals surface area (Å²) in [6, 6.07) is 7.20. The fourth-order valence-electron chi connectivity index (χ4n) is 3.14. The molecule has 2 aromatic rings. The first-order valence-corrected chi connectivity index (χ1v) is 7.61. The molecule has 1 N–H and O–H groups in total. The molecule has 20 heavy (non-hydrogen) atoms. The van der Waals surface area contributed by atoms with Gasteiger partial charge in [0.15, 0.2) is 0 Å². The minimum atomic E-state index is 0.579. The normalized spacial score (nSPS) is 16.3. The van der Waals surface area contributed by atoms with Gasteiger partial charge in [0.2, 0.25) is 5.95 Å². The van der Waals surface area contributed by atoms with Gasteiger partial charge in [0.25, 0.3) is 0 Å². The lowest BCUT2D eigenvalue weighted by Gasteiger charge is -2.23. The number of hydrogen-bond donors (Lipinski definition) is 1. The van der Waals surface area contributed by atoms with Crippen molar-refractivity contribution in [3.05, 3.63) is 41.7 Å². The molecule has 1 heterocycles. The smallest absolute Gasteiger partial charge is 0.207 e. The van der Waals surface area contributed by atoms with Crippen LogP contribution >= 0.6 is 0 Å². The molecule has 0 spiro atoms. The lowest BCUT2D eigenvalue weighted by molar-refractivity contribution is 0.460. The van der Waals surface area contributed by atoms with Crippen LogP contribution in [0, 0.1) is 13.8 Å². The van der Waals surface area contributed by atoms with Crippen LogP contribution in [0.1, 0.15) is 43.2 Å². The number of aryl methyl sites for hydroxylation is 2. The van der Waals surface area contributed by atoms with Gasteiger partial charge in [-0.2, -0.15) is 0 Å². The topological polar surface area (TPSA) is 29.9 Å². The fourth-order valence-corrected chi connectivity index (χ4v) is 3.14. The molecule has 0 unspecified atom stereocenters. The summed E-state index contributed by atoms with van der Waals surface area (Å²) >= 11 is 0. The summed E-state index contributed by atoms with van der Waals surface area (Å²) in [5, 5.41) is 3.62. The first-order chi connectivity index (χ1) is 9.72. The molecule has 0 bridgehead atoms. The van der Waals surface area contributed by atoms with E-state index in [2.05, 4.69) is 46.9 Å². The lowest BCUT2D eigenvalue weighted by Crippen LogP contribution is -2.24. The number of hydrogen-bond acceptors (Lipinski definition) is 2. The average Bonchev–Trinajstić information content (AvgIpc) is 2.87. The number of rotatable bonds is 3. The number of anilines is 1. The van der Waals surface area contributed by atoms with E-state index < -0.39 is 0 Å². The Kier molecular flexibility index (Phi) is 3.77. The van der Waals surface area contributed by atoms with E-state index in [0.717, 1.165) is 5.95 Å². The summed E-state index contributed by atoms with van der Waals surface area (Å²) in [5.41, 5.74) is 3.77. The number of imidazole rings is 1. The molecule has 1 aromatic heterocycles. The highest BCUT2D eigenvalue weighted by Gasteiger charge is 2.15. The Morgan fingerprint density at radius 2 is 1.75 bits per heavy atom. The second kappa shape index (κ2) is 5.70. The van der Waals surface area contributed by atoms with E-state index in [1.807, 2.05) is 12.4 Å². The van der Waals surface area contributed by atoms with Crippen LogP contribution in [0.25, 0.3) is 5.69 Å². The van der Waals surface area contributed by atoms with E-state index in [1.165, 1.54) is 48.9 Å². The molecule has 3 nitrogen and oxygen atoms in total. The van der Waals surface area contributed by atoms with Gasteiger partial charge in [-0.3, -0.25) is 4.57 Å². The Labute approximate surface area is 121 Å². The van der Waals surface area contributed by atoms with Crippen molar-refractivity contribution in [3.8, 4) is 5.69 Å². The zero-order chi connectivity index (χ0) is 13.9. The fraction of sp³-hybridized carbons (Fsp3) is 0.471. The van der Waals surface area contributed by atoms with Crippen LogP contribution < -0.4 is 5.32 Å². The molecular weight excluding hydrogens is 246 g/mol. The summed E-state index contributed by atoms with van der Waals surface area (Å²) in [7, 11) is 0. The number of nitrogens with zero attached hydrogens (tertiary/aromatic N) is 2. The molecule has 0 radical (unpaired) electrons. The van der Waals surface area contributed by atoms with Gasteiger partial charge >= 0.3 is 0 Å². The van der Waals surface area contributed by atoms with E-state index in [9.17, 15) is 0 Å². The highest BCUT2D eigenvalue weighted by molar-refractivity contribution is 5.46. The molecule has 0 amide bonds. The van der Waals surface area contributed by atoms with Crippen LogP contribution in [0.5, 0.6) is 0 Å². The second-order valence-electron chi connectivity index (χ2n) is 5.95. The van der Waals surface area contributed by atoms with Gasteiger partial charge in [0, 0.05) is 24.1 Å². The highest BCUT2D eigenvalue weighted by Crippen LogP contribution is 2.23. The van der Waals surface area contributed by atoms with Crippen LogP contribution in [-0.4, -0.2) is 15.6 Å². The van der Waals surface area contributed by atoms with Crippen molar-refractivity contribution in [2.45, 2.75) is 52.0 Å². The standard InChI is InChI=1S/C17H23N3/c1-13-10-14(2)12-16(11-13)20-9-8-18-17(20)19-15-6-4-3-5-7-15/h8-12,15H,3-7H2,1-2H3,(H,18,19).